The van der Waals surface area contributed by atoms with Gasteiger partial charge in [-0.3, -0.25) is 4.79 Å². The highest BCUT2D eigenvalue weighted by molar-refractivity contribution is 9.16. The molecule has 3 heteroatoms. The molecule has 0 spiro atoms. The summed E-state index contributed by atoms with van der Waals surface area (Å²) in [4.78, 5) is 12.1. The SMILES string of the molecule is O=C1C(Br)=C(Br)c2cccc3cccc1c23. The first-order valence-corrected chi connectivity index (χ1v) is 6.41. The van der Waals surface area contributed by atoms with Gasteiger partial charge in [0.15, 0.2) is 0 Å². The molecule has 1 aliphatic carbocycles. The van der Waals surface area contributed by atoms with Crippen molar-refractivity contribution in [1.29, 1.82) is 0 Å². The summed E-state index contributed by atoms with van der Waals surface area (Å²) >= 11 is 6.81. The third-order valence-electron chi connectivity index (χ3n) is 2.78. The first-order chi connectivity index (χ1) is 7.70. The topological polar surface area (TPSA) is 17.1 Å². The Labute approximate surface area is 109 Å². The van der Waals surface area contributed by atoms with E-state index >= 15 is 0 Å². The summed E-state index contributed by atoms with van der Waals surface area (Å²) in [6, 6.07) is 11.8. The first kappa shape index (κ1) is 10.2. The number of benzene rings is 2. The van der Waals surface area contributed by atoms with Crippen LogP contribution >= 0.6 is 31.9 Å². The molecule has 1 aliphatic rings. The molecule has 0 saturated heterocycles. The Kier molecular flexibility index (Phi) is 2.26. The minimum Gasteiger partial charge on any atom is -0.288 e. The minimum absolute atomic E-state index is 0.0381. The molecule has 2 aromatic carbocycles. The van der Waals surface area contributed by atoms with Crippen molar-refractivity contribution in [2.75, 3.05) is 0 Å². The quantitative estimate of drug-likeness (QED) is 0.692. The standard InChI is InChI=1S/C13H6Br2O/c14-11-8-5-1-3-7-4-2-6-9(10(7)8)13(16)12(11)15/h1-6H. The van der Waals surface area contributed by atoms with Gasteiger partial charge in [-0.25, -0.2) is 0 Å². The summed E-state index contributed by atoms with van der Waals surface area (Å²) in [6.07, 6.45) is 0. The number of hydrogen-bond acceptors (Lipinski definition) is 1. The number of allylic oxidation sites excluding steroid dienone is 1. The highest BCUT2D eigenvalue weighted by atomic mass is 79.9. The predicted molar refractivity (Wildman–Crippen MR) is 73.1 cm³/mol. The number of Topliss-reactive ketones (excluding diaryl/α,β-unsaturated/α-hetero) is 1. The van der Waals surface area contributed by atoms with E-state index in [1.807, 2.05) is 36.4 Å². The Balaban J connectivity index is 2.57. The van der Waals surface area contributed by atoms with Gasteiger partial charge in [0.25, 0.3) is 0 Å². The molecule has 0 N–H and O–H groups in total. The van der Waals surface area contributed by atoms with Crippen LogP contribution in [0, 0.1) is 0 Å². The van der Waals surface area contributed by atoms with Gasteiger partial charge in [0.2, 0.25) is 5.78 Å². The third-order valence-corrected chi connectivity index (χ3v) is 4.89. The van der Waals surface area contributed by atoms with Gasteiger partial charge < -0.3 is 0 Å². The van der Waals surface area contributed by atoms with Gasteiger partial charge in [0.1, 0.15) is 0 Å². The van der Waals surface area contributed by atoms with E-state index in [1.54, 1.807) is 0 Å². The third kappa shape index (κ3) is 1.25. The highest BCUT2D eigenvalue weighted by Gasteiger charge is 2.24. The smallest absolute Gasteiger partial charge is 0.201 e. The van der Waals surface area contributed by atoms with Crippen LogP contribution in [-0.4, -0.2) is 5.78 Å². The molecule has 0 heterocycles. The lowest BCUT2D eigenvalue weighted by molar-refractivity contribution is 0.104. The van der Waals surface area contributed by atoms with Gasteiger partial charge in [-0.2, -0.15) is 0 Å². The minimum atomic E-state index is 0.0381. The predicted octanol–water partition coefficient (Wildman–Crippen LogP) is 4.49. The summed E-state index contributed by atoms with van der Waals surface area (Å²) < 4.78 is 1.43. The van der Waals surface area contributed by atoms with E-state index in [0.717, 1.165) is 26.4 Å². The van der Waals surface area contributed by atoms with E-state index in [1.165, 1.54) is 0 Å². The summed E-state index contributed by atoms with van der Waals surface area (Å²) in [5, 5.41) is 2.13. The molecular formula is C13H6Br2O. The van der Waals surface area contributed by atoms with Crippen LogP contribution < -0.4 is 0 Å². The van der Waals surface area contributed by atoms with Gasteiger partial charge in [-0.1, -0.05) is 36.4 Å². The zero-order chi connectivity index (χ0) is 11.3. The van der Waals surface area contributed by atoms with Crippen LogP contribution in [0.2, 0.25) is 0 Å². The van der Waals surface area contributed by atoms with Crippen molar-refractivity contribution in [3.63, 3.8) is 0 Å². The maximum Gasteiger partial charge on any atom is 0.201 e. The maximum atomic E-state index is 12.1. The average Bonchev–Trinajstić information content (AvgIpc) is 2.33. The average molecular weight is 338 g/mol. The lowest BCUT2D eigenvalue weighted by Crippen LogP contribution is -2.06. The van der Waals surface area contributed by atoms with Gasteiger partial charge >= 0.3 is 0 Å². The van der Waals surface area contributed by atoms with Crippen molar-refractivity contribution in [3.8, 4) is 0 Å². The summed E-state index contributed by atoms with van der Waals surface area (Å²) in [5.74, 6) is 0.0381. The molecule has 16 heavy (non-hydrogen) atoms. The van der Waals surface area contributed by atoms with Crippen molar-refractivity contribution in [3.05, 3.63) is 52.0 Å². The van der Waals surface area contributed by atoms with Crippen LogP contribution in [0.25, 0.3) is 15.3 Å². The number of hydrogen-bond donors (Lipinski definition) is 0. The number of halogens is 2. The van der Waals surface area contributed by atoms with Gasteiger partial charge in [0.05, 0.1) is 4.48 Å². The van der Waals surface area contributed by atoms with Crippen LogP contribution in [0.1, 0.15) is 15.9 Å². The maximum absolute atomic E-state index is 12.1. The van der Waals surface area contributed by atoms with E-state index in [-0.39, 0.29) is 5.78 Å². The fraction of sp³-hybridized carbons (Fsp3) is 0. The second kappa shape index (κ2) is 3.54. The molecular weight excluding hydrogens is 332 g/mol. The van der Waals surface area contributed by atoms with Crippen LogP contribution in [0.15, 0.2) is 40.9 Å². The van der Waals surface area contributed by atoms with Crippen molar-refractivity contribution < 1.29 is 4.79 Å². The zero-order valence-electron chi connectivity index (χ0n) is 8.13. The van der Waals surface area contributed by atoms with E-state index in [9.17, 15) is 4.79 Å². The molecule has 0 aromatic heterocycles. The molecule has 0 unspecified atom stereocenters. The van der Waals surface area contributed by atoms with Crippen molar-refractivity contribution in [1.82, 2.24) is 0 Å². The van der Waals surface area contributed by atoms with Crippen LogP contribution in [0.3, 0.4) is 0 Å². The van der Waals surface area contributed by atoms with E-state index in [2.05, 4.69) is 31.9 Å². The number of ketones is 1. The Morgan fingerprint density at radius 1 is 0.812 bits per heavy atom. The monoisotopic (exact) mass is 336 g/mol. The zero-order valence-corrected chi connectivity index (χ0v) is 11.3. The molecule has 0 amide bonds. The largest absolute Gasteiger partial charge is 0.288 e. The molecule has 0 saturated carbocycles. The fourth-order valence-corrected chi connectivity index (χ4v) is 2.99. The lowest BCUT2D eigenvalue weighted by Gasteiger charge is -2.16. The molecule has 0 radical (unpaired) electrons. The van der Waals surface area contributed by atoms with E-state index in [4.69, 9.17) is 0 Å². The number of rotatable bonds is 0. The highest BCUT2D eigenvalue weighted by Crippen LogP contribution is 2.41. The van der Waals surface area contributed by atoms with Crippen LogP contribution in [0.5, 0.6) is 0 Å². The molecule has 1 nitrogen and oxygen atoms in total. The van der Waals surface area contributed by atoms with E-state index < -0.39 is 0 Å². The van der Waals surface area contributed by atoms with Crippen LogP contribution in [-0.2, 0) is 0 Å². The van der Waals surface area contributed by atoms with Crippen LogP contribution in [0.4, 0.5) is 0 Å². The normalized spacial score (nSPS) is 14.8. The molecule has 0 fully saturated rings. The van der Waals surface area contributed by atoms with Gasteiger partial charge in [0, 0.05) is 15.4 Å². The Hall–Kier alpha value is -0.930. The van der Waals surface area contributed by atoms with Crippen molar-refractivity contribution in [2.24, 2.45) is 0 Å². The Morgan fingerprint density at radius 3 is 2.12 bits per heavy atom. The van der Waals surface area contributed by atoms with Crippen molar-refractivity contribution in [2.45, 2.75) is 0 Å². The summed E-state index contributed by atoms with van der Waals surface area (Å²) in [6.45, 7) is 0. The lowest BCUT2D eigenvalue weighted by atomic mass is 9.92. The number of carbonyl (C=O) groups is 1. The molecule has 2 aromatic rings. The second-order valence-corrected chi connectivity index (χ2v) is 5.25. The summed E-state index contributed by atoms with van der Waals surface area (Å²) in [5.41, 5.74) is 1.84. The molecule has 3 rings (SSSR count). The summed E-state index contributed by atoms with van der Waals surface area (Å²) in [7, 11) is 0. The number of carbonyl (C=O) groups excluding carboxylic acids is 1. The Morgan fingerprint density at radius 2 is 1.44 bits per heavy atom. The van der Waals surface area contributed by atoms with Gasteiger partial charge in [-0.15, -0.1) is 0 Å². The molecule has 0 atom stereocenters. The van der Waals surface area contributed by atoms with Crippen molar-refractivity contribution >= 4 is 52.9 Å². The van der Waals surface area contributed by atoms with E-state index in [0.29, 0.717) is 4.48 Å². The Bertz CT molecular complexity index is 651. The second-order valence-electron chi connectivity index (χ2n) is 3.67. The molecule has 0 bridgehead atoms. The molecule has 78 valence electrons. The van der Waals surface area contributed by atoms with Gasteiger partial charge in [-0.05, 0) is 42.8 Å². The fourth-order valence-electron chi connectivity index (χ4n) is 2.05. The first-order valence-electron chi connectivity index (χ1n) is 4.82. The molecule has 0 aliphatic heterocycles.